The minimum atomic E-state index is -0.931. The first-order chi connectivity index (χ1) is 5.22. The van der Waals surface area contributed by atoms with E-state index in [1.54, 1.807) is 18.2 Å². The molecule has 0 fully saturated rings. The van der Waals surface area contributed by atoms with Crippen LogP contribution in [0.3, 0.4) is 0 Å². The van der Waals surface area contributed by atoms with E-state index in [0.29, 0.717) is 10.0 Å². The van der Waals surface area contributed by atoms with E-state index in [1.165, 1.54) is 0 Å². The molecule has 1 aromatic rings. The molecule has 57 valence electrons. The van der Waals surface area contributed by atoms with Crippen LogP contribution in [0.2, 0.25) is 10.0 Å². The van der Waals surface area contributed by atoms with E-state index in [0.717, 1.165) is 0 Å². The summed E-state index contributed by atoms with van der Waals surface area (Å²) in [6.45, 7) is 0. The summed E-state index contributed by atoms with van der Waals surface area (Å²) in [5, 5.41) is 1.12. The molecule has 0 saturated carbocycles. The molecule has 0 aliphatic rings. The van der Waals surface area contributed by atoms with Crippen LogP contribution in [0.15, 0.2) is 18.2 Å². The summed E-state index contributed by atoms with van der Waals surface area (Å²) in [5.41, 5.74) is 0. The van der Waals surface area contributed by atoms with Gasteiger partial charge < -0.3 is 0 Å². The summed E-state index contributed by atoms with van der Waals surface area (Å²) in [4.78, 5) is 0. The van der Waals surface area contributed by atoms with Crippen LogP contribution in [-0.2, 0) is 15.1 Å². The van der Waals surface area contributed by atoms with Crippen LogP contribution in [-0.4, -0.2) is 0 Å². The Labute approximate surface area is 91.5 Å². The van der Waals surface area contributed by atoms with E-state index < -0.39 is 15.1 Å². The molecule has 5 heteroatoms. The Balaban J connectivity index is 0.000000292. The van der Waals surface area contributed by atoms with Gasteiger partial charge in [-0.25, -0.2) is 0 Å². The summed E-state index contributed by atoms with van der Waals surface area (Å²) >= 11 is 10.2. The molecule has 11 heavy (non-hydrogen) atoms. The van der Waals surface area contributed by atoms with Crippen molar-refractivity contribution in [2.75, 3.05) is 0 Å². The monoisotopic (exact) mass is 279 g/mol. The predicted octanol–water partition coefficient (Wildman–Crippen LogP) is 4.17. The molecule has 0 aliphatic heterocycles. The maximum atomic E-state index is 5.56. The van der Waals surface area contributed by atoms with E-state index in [2.05, 4.69) is 6.07 Å². The van der Waals surface area contributed by atoms with Crippen LogP contribution in [0.5, 0.6) is 0 Å². The van der Waals surface area contributed by atoms with E-state index in [4.69, 9.17) is 42.6 Å². The zero-order chi connectivity index (χ0) is 8.69. The fourth-order valence-electron chi connectivity index (χ4n) is 0.391. The van der Waals surface area contributed by atoms with Gasteiger partial charge in [-0.2, -0.15) is 0 Å². The fourth-order valence-corrected chi connectivity index (χ4v) is 0.635. The van der Waals surface area contributed by atoms with E-state index >= 15 is 0 Å². The van der Waals surface area contributed by atoms with Crippen molar-refractivity contribution in [3.05, 3.63) is 34.3 Å². The summed E-state index contributed by atoms with van der Waals surface area (Å²) in [6, 6.07) is 7.83. The first-order valence-electron chi connectivity index (χ1n) is 2.65. The van der Waals surface area contributed by atoms with Crippen molar-refractivity contribution < 1.29 is 15.1 Å². The molecule has 0 spiro atoms. The zero-order valence-electron chi connectivity index (χ0n) is 5.45. The van der Waals surface area contributed by atoms with Crippen molar-refractivity contribution in [3.8, 4) is 0 Å². The van der Waals surface area contributed by atoms with Crippen molar-refractivity contribution in [3.63, 3.8) is 0 Å². The fraction of sp³-hybridized carbons (Fsp3) is 0. The number of hydrogen-bond donors (Lipinski definition) is 0. The number of hydrogen-bond acceptors (Lipinski definition) is 0. The van der Waals surface area contributed by atoms with Crippen LogP contribution in [0, 0.1) is 6.07 Å². The third-order valence-electron chi connectivity index (χ3n) is 0.764. The van der Waals surface area contributed by atoms with Gasteiger partial charge in [-0.15, -0.1) is 0 Å². The average molecular weight is 282 g/mol. The van der Waals surface area contributed by atoms with Crippen molar-refractivity contribution in [2.24, 2.45) is 0 Å². The second kappa shape index (κ2) is 7.64. The van der Waals surface area contributed by atoms with Crippen molar-refractivity contribution >= 4 is 42.6 Å². The van der Waals surface area contributed by atoms with Gasteiger partial charge in [0.25, 0.3) is 0 Å². The van der Waals surface area contributed by atoms with E-state index in [-0.39, 0.29) is 0 Å². The van der Waals surface area contributed by atoms with E-state index in [9.17, 15) is 0 Å². The average Bonchev–Trinajstić information content (AvgIpc) is 1.97. The van der Waals surface area contributed by atoms with Crippen LogP contribution in [0.1, 0.15) is 0 Å². The summed E-state index contributed by atoms with van der Waals surface area (Å²) in [5.74, 6) is 0. The first kappa shape index (κ1) is 12.0. The quantitative estimate of drug-likeness (QED) is 0.626. The standard InChI is InChI=1S/C6H3Cl2.2ClH.Zn/c7-5-3-1-2-4-6(5)8;;;/h1,3-4H;2*1H;/q;;;+2/p-2. The third kappa shape index (κ3) is 6.19. The molecule has 0 amide bonds. The second-order valence-electron chi connectivity index (χ2n) is 1.44. The van der Waals surface area contributed by atoms with Crippen molar-refractivity contribution in [2.45, 2.75) is 0 Å². The van der Waals surface area contributed by atoms with Crippen LogP contribution in [0.4, 0.5) is 0 Å². The molecule has 0 N–H and O–H groups in total. The molecule has 0 atom stereocenters. The first-order valence-corrected chi connectivity index (χ1v) is 11.2. The van der Waals surface area contributed by atoms with Gasteiger partial charge in [-0.3, -0.25) is 0 Å². The topological polar surface area (TPSA) is 0 Å². The summed E-state index contributed by atoms with van der Waals surface area (Å²) in [7, 11) is 9.90. The number of benzene rings is 1. The SMILES string of the molecule is Clc1c[c]ccc1Cl.[Cl][Zn][Cl]. The van der Waals surface area contributed by atoms with Crippen LogP contribution in [0.25, 0.3) is 0 Å². The molecule has 0 heterocycles. The summed E-state index contributed by atoms with van der Waals surface area (Å²) in [6.07, 6.45) is 0. The Morgan fingerprint density at radius 2 is 1.73 bits per heavy atom. The van der Waals surface area contributed by atoms with Gasteiger partial charge in [-0.05, 0) is 18.2 Å². The molecule has 0 aromatic heterocycles. The second-order valence-corrected chi connectivity index (χ2v) is 6.88. The molecule has 0 aliphatic carbocycles. The molecule has 1 rings (SSSR count). The Hall–Kier alpha value is 1.00. The Bertz CT molecular complexity index is 183. The Kier molecular flexibility index (Phi) is 8.34. The van der Waals surface area contributed by atoms with Gasteiger partial charge in [0.2, 0.25) is 0 Å². The number of rotatable bonds is 0. The molecule has 0 nitrogen and oxygen atoms in total. The number of halogens is 4. The Morgan fingerprint density at radius 1 is 1.18 bits per heavy atom. The van der Waals surface area contributed by atoms with Crippen molar-refractivity contribution in [1.29, 1.82) is 0 Å². The van der Waals surface area contributed by atoms with Crippen LogP contribution < -0.4 is 0 Å². The molecule has 0 bridgehead atoms. The third-order valence-corrected chi connectivity index (χ3v) is 1.50. The summed E-state index contributed by atoms with van der Waals surface area (Å²) < 4.78 is 0. The minimum absolute atomic E-state index is 0.550. The van der Waals surface area contributed by atoms with Gasteiger partial charge >= 0.3 is 34.5 Å². The predicted molar refractivity (Wildman–Crippen MR) is 47.0 cm³/mol. The van der Waals surface area contributed by atoms with Gasteiger partial charge in [0, 0.05) is 0 Å². The normalized spacial score (nSPS) is 7.64. The molecule has 0 unspecified atom stereocenters. The van der Waals surface area contributed by atoms with E-state index in [1.807, 2.05) is 0 Å². The van der Waals surface area contributed by atoms with Gasteiger partial charge in [0.1, 0.15) is 0 Å². The molecule has 1 radical (unpaired) electrons. The molecular weight excluding hydrogens is 279 g/mol. The molecule has 0 saturated heterocycles. The van der Waals surface area contributed by atoms with Gasteiger partial charge in [-0.1, -0.05) is 29.3 Å². The van der Waals surface area contributed by atoms with Crippen LogP contribution >= 0.6 is 42.6 Å². The van der Waals surface area contributed by atoms with Gasteiger partial charge in [0.05, 0.1) is 10.0 Å². The Morgan fingerprint density at radius 3 is 2.00 bits per heavy atom. The van der Waals surface area contributed by atoms with Crippen molar-refractivity contribution in [1.82, 2.24) is 0 Å². The van der Waals surface area contributed by atoms with Gasteiger partial charge in [0.15, 0.2) is 0 Å². The molecular formula is C6H3Cl4Zn. The molecule has 1 aromatic carbocycles. The maximum absolute atomic E-state index is 5.56. The zero-order valence-corrected chi connectivity index (χ0v) is 11.4.